The first-order chi connectivity index (χ1) is 11.6. The third-order valence-electron chi connectivity index (χ3n) is 3.88. The van der Waals surface area contributed by atoms with Gasteiger partial charge in [0.05, 0.1) is 7.11 Å². The van der Waals surface area contributed by atoms with Crippen molar-refractivity contribution >= 4 is 17.2 Å². The first kappa shape index (κ1) is 16.0. The van der Waals surface area contributed by atoms with Gasteiger partial charge in [-0.25, -0.2) is 4.98 Å². The summed E-state index contributed by atoms with van der Waals surface area (Å²) in [5.74, 6) is 1.00. The molecule has 0 aliphatic heterocycles. The zero-order valence-corrected chi connectivity index (χ0v) is 14.6. The highest BCUT2D eigenvalue weighted by Gasteiger charge is 2.22. The first-order valence-electron chi connectivity index (χ1n) is 7.47. The second kappa shape index (κ2) is 6.34. The number of anilines is 1. The molecule has 120 valence electrons. The quantitative estimate of drug-likeness (QED) is 0.762. The third kappa shape index (κ3) is 2.61. The molecule has 0 saturated heterocycles. The van der Waals surface area contributed by atoms with Gasteiger partial charge in [0.15, 0.2) is 0 Å². The second-order valence-electron chi connectivity index (χ2n) is 5.43. The van der Waals surface area contributed by atoms with Gasteiger partial charge in [-0.1, -0.05) is 18.2 Å². The number of ether oxygens (including phenoxy) is 1. The summed E-state index contributed by atoms with van der Waals surface area (Å²) in [6.07, 6.45) is 0. The minimum atomic E-state index is 0.259. The van der Waals surface area contributed by atoms with E-state index < -0.39 is 0 Å². The smallest absolute Gasteiger partial charge is 0.142 e. The molecule has 0 spiro atoms. The summed E-state index contributed by atoms with van der Waals surface area (Å²) in [5, 5.41) is 9.66. The van der Waals surface area contributed by atoms with Crippen LogP contribution in [0, 0.1) is 25.2 Å². The fraction of sp³-hybridized carbons (Fsp3) is 0.158. The molecule has 0 atom stereocenters. The molecule has 0 unspecified atom stereocenters. The van der Waals surface area contributed by atoms with Gasteiger partial charge in [-0.3, -0.25) is 0 Å². The van der Waals surface area contributed by atoms with Crippen LogP contribution in [0.5, 0.6) is 5.75 Å². The lowest BCUT2D eigenvalue weighted by Crippen LogP contribution is -2.03. The molecule has 5 heteroatoms. The van der Waals surface area contributed by atoms with Crippen molar-refractivity contribution in [2.75, 3.05) is 12.8 Å². The van der Waals surface area contributed by atoms with Crippen molar-refractivity contribution in [3.63, 3.8) is 0 Å². The van der Waals surface area contributed by atoms with Crippen molar-refractivity contribution in [1.29, 1.82) is 5.26 Å². The predicted molar refractivity (Wildman–Crippen MR) is 98.1 cm³/mol. The van der Waals surface area contributed by atoms with Gasteiger partial charge in [-0.15, -0.1) is 11.3 Å². The van der Waals surface area contributed by atoms with Crippen molar-refractivity contribution in [1.82, 2.24) is 4.98 Å². The number of nitrogens with two attached hydrogens (primary N) is 1. The van der Waals surface area contributed by atoms with Gasteiger partial charge in [-0.2, -0.15) is 5.26 Å². The molecular weight excluding hydrogens is 318 g/mol. The van der Waals surface area contributed by atoms with E-state index in [1.807, 2.05) is 50.2 Å². The number of nitriles is 1. The number of aryl methyl sites for hydroxylation is 2. The second-order valence-corrected chi connectivity index (χ2v) is 6.72. The molecule has 1 aromatic carbocycles. The molecule has 0 radical (unpaired) electrons. The van der Waals surface area contributed by atoms with Gasteiger partial charge in [0, 0.05) is 32.1 Å². The van der Waals surface area contributed by atoms with E-state index in [4.69, 9.17) is 10.5 Å². The van der Waals surface area contributed by atoms with E-state index in [1.54, 1.807) is 18.4 Å². The lowest BCUT2D eigenvalue weighted by atomic mass is 9.93. The summed E-state index contributed by atoms with van der Waals surface area (Å²) in [7, 11) is 1.64. The van der Waals surface area contributed by atoms with Crippen molar-refractivity contribution in [2.24, 2.45) is 0 Å². The minimum Gasteiger partial charge on any atom is -0.496 e. The Bertz CT molecular complexity index is 954. The number of nitrogens with zero attached hydrogens (tertiary/aromatic N) is 2. The normalized spacial score (nSPS) is 10.4. The van der Waals surface area contributed by atoms with Crippen molar-refractivity contribution < 1.29 is 4.74 Å². The molecular formula is C19H17N3OS. The summed E-state index contributed by atoms with van der Waals surface area (Å²) in [5.41, 5.74) is 9.83. The lowest BCUT2D eigenvalue weighted by Gasteiger charge is -2.17. The summed E-state index contributed by atoms with van der Waals surface area (Å²) in [6.45, 7) is 3.95. The SMILES string of the molecule is COc1ccccc1-c1c(C)nc(N)c(C#N)c1-c1ccc(C)s1. The fourth-order valence-electron chi connectivity index (χ4n) is 2.84. The number of rotatable bonds is 3. The summed E-state index contributed by atoms with van der Waals surface area (Å²) >= 11 is 1.63. The Labute approximate surface area is 145 Å². The minimum absolute atomic E-state index is 0.259. The van der Waals surface area contributed by atoms with Gasteiger partial charge in [0.25, 0.3) is 0 Å². The largest absolute Gasteiger partial charge is 0.496 e. The molecule has 2 aromatic heterocycles. The number of pyridine rings is 1. The maximum atomic E-state index is 9.66. The van der Waals surface area contributed by atoms with Crippen LogP contribution in [0.1, 0.15) is 16.1 Å². The zero-order chi connectivity index (χ0) is 17.3. The Kier molecular flexibility index (Phi) is 4.24. The zero-order valence-electron chi connectivity index (χ0n) is 13.8. The van der Waals surface area contributed by atoms with Crippen molar-refractivity contribution in [3.8, 4) is 33.4 Å². The summed E-state index contributed by atoms with van der Waals surface area (Å²) in [4.78, 5) is 6.57. The number of benzene rings is 1. The number of methoxy groups -OCH3 is 1. The summed E-state index contributed by atoms with van der Waals surface area (Å²) < 4.78 is 5.52. The van der Waals surface area contributed by atoms with Gasteiger partial charge >= 0.3 is 0 Å². The van der Waals surface area contributed by atoms with Crippen molar-refractivity contribution in [3.05, 3.63) is 52.5 Å². The monoisotopic (exact) mass is 335 g/mol. The molecule has 24 heavy (non-hydrogen) atoms. The van der Waals surface area contributed by atoms with Crippen LogP contribution in [-0.4, -0.2) is 12.1 Å². The lowest BCUT2D eigenvalue weighted by molar-refractivity contribution is 0.416. The Morgan fingerprint density at radius 3 is 2.50 bits per heavy atom. The third-order valence-corrected chi connectivity index (χ3v) is 4.90. The van der Waals surface area contributed by atoms with E-state index in [2.05, 4.69) is 11.1 Å². The highest BCUT2D eigenvalue weighted by atomic mass is 32.1. The van der Waals surface area contributed by atoms with Crippen molar-refractivity contribution in [2.45, 2.75) is 13.8 Å². The molecule has 0 amide bonds. The van der Waals surface area contributed by atoms with E-state index in [-0.39, 0.29) is 5.82 Å². The van der Waals surface area contributed by atoms with Gasteiger partial charge in [0.2, 0.25) is 0 Å². The van der Waals surface area contributed by atoms with Crippen LogP contribution >= 0.6 is 11.3 Å². The Morgan fingerprint density at radius 2 is 1.88 bits per heavy atom. The first-order valence-corrected chi connectivity index (χ1v) is 8.28. The maximum Gasteiger partial charge on any atom is 0.142 e. The molecule has 3 aromatic rings. The van der Waals surface area contributed by atoms with E-state index in [1.165, 1.54) is 4.88 Å². The molecule has 0 saturated carbocycles. The average Bonchev–Trinajstić information content (AvgIpc) is 3.00. The van der Waals surface area contributed by atoms with Crippen LogP contribution in [0.3, 0.4) is 0 Å². The molecule has 0 fully saturated rings. The van der Waals surface area contributed by atoms with Crippen LogP contribution in [0.2, 0.25) is 0 Å². The Hall–Kier alpha value is -2.84. The molecule has 0 aliphatic rings. The molecule has 3 rings (SSSR count). The number of para-hydroxylation sites is 1. The van der Waals surface area contributed by atoms with Gasteiger partial charge < -0.3 is 10.5 Å². The average molecular weight is 335 g/mol. The van der Waals surface area contributed by atoms with Crippen LogP contribution in [-0.2, 0) is 0 Å². The van der Waals surface area contributed by atoms with E-state index in [0.717, 1.165) is 33.0 Å². The number of nitrogen functional groups attached to an aromatic ring is 1. The van der Waals surface area contributed by atoms with E-state index in [0.29, 0.717) is 5.56 Å². The van der Waals surface area contributed by atoms with Crippen LogP contribution in [0.25, 0.3) is 21.6 Å². The molecule has 0 aliphatic carbocycles. The highest BCUT2D eigenvalue weighted by Crippen LogP contribution is 2.43. The maximum absolute atomic E-state index is 9.66. The number of hydrogen-bond acceptors (Lipinski definition) is 5. The fourth-order valence-corrected chi connectivity index (χ4v) is 3.76. The number of hydrogen-bond donors (Lipinski definition) is 1. The van der Waals surface area contributed by atoms with Gasteiger partial charge in [-0.05, 0) is 32.0 Å². The standard InChI is InChI=1S/C19H17N3OS/c1-11-8-9-16(24-11)18-14(10-20)19(21)22-12(2)17(18)13-6-4-5-7-15(13)23-3/h4-9H,1-3H3,(H2,21,22). The number of thiophene rings is 1. The molecule has 2 heterocycles. The van der Waals surface area contributed by atoms with Crippen LogP contribution in [0.15, 0.2) is 36.4 Å². The topological polar surface area (TPSA) is 71.9 Å². The summed E-state index contributed by atoms with van der Waals surface area (Å²) in [6, 6.07) is 14.0. The number of aromatic nitrogens is 1. The molecule has 4 nitrogen and oxygen atoms in total. The molecule has 0 bridgehead atoms. The molecule has 2 N–H and O–H groups in total. The van der Waals surface area contributed by atoms with Gasteiger partial charge in [0.1, 0.15) is 23.2 Å². The van der Waals surface area contributed by atoms with E-state index >= 15 is 0 Å². The highest BCUT2D eigenvalue weighted by molar-refractivity contribution is 7.15. The van der Waals surface area contributed by atoms with Crippen LogP contribution < -0.4 is 10.5 Å². The predicted octanol–water partition coefficient (Wildman–Crippen LogP) is 4.56. The Balaban J connectivity index is 2.44. The van der Waals surface area contributed by atoms with Crippen LogP contribution in [0.4, 0.5) is 5.82 Å². The Morgan fingerprint density at radius 1 is 1.12 bits per heavy atom. The van der Waals surface area contributed by atoms with E-state index in [9.17, 15) is 5.26 Å².